The molecule has 3 rings (SSSR count). The third-order valence-electron chi connectivity index (χ3n) is 4.72. The van der Waals surface area contributed by atoms with Gasteiger partial charge in [-0.2, -0.15) is 0 Å². The van der Waals surface area contributed by atoms with E-state index in [1.54, 1.807) is 38.4 Å². The van der Waals surface area contributed by atoms with Gasteiger partial charge < -0.3 is 19.1 Å². The normalized spacial score (nSPS) is 13.2. The molecular formula is C20H22BrNO4. The summed E-state index contributed by atoms with van der Waals surface area (Å²) in [5.74, 6) is 1.73. The van der Waals surface area contributed by atoms with Crippen LogP contribution in [0.3, 0.4) is 0 Å². The van der Waals surface area contributed by atoms with Crippen molar-refractivity contribution >= 4 is 27.5 Å². The fraction of sp³-hybridized carbons (Fsp3) is 0.350. The Morgan fingerprint density at radius 1 is 1.04 bits per heavy atom. The number of rotatable bonds is 4. The second kappa shape index (κ2) is 7.58. The van der Waals surface area contributed by atoms with Crippen LogP contribution < -0.4 is 19.1 Å². The van der Waals surface area contributed by atoms with Crippen LogP contribution in [-0.4, -0.2) is 33.8 Å². The summed E-state index contributed by atoms with van der Waals surface area (Å²) in [5.41, 5.74) is 3.71. The van der Waals surface area contributed by atoms with Gasteiger partial charge in [-0.05, 0) is 65.0 Å². The number of halogens is 1. The van der Waals surface area contributed by atoms with Gasteiger partial charge in [-0.15, -0.1) is 0 Å². The largest absolute Gasteiger partial charge is 0.495 e. The Morgan fingerprint density at radius 3 is 2.23 bits per heavy atom. The van der Waals surface area contributed by atoms with Gasteiger partial charge in [-0.25, -0.2) is 0 Å². The number of methoxy groups -OCH3 is 3. The van der Waals surface area contributed by atoms with Crippen LogP contribution in [-0.2, 0) is 6.42 Å². The number of carbonyl (C=O) groups excluding carboxylic acids is 1. The molecule has 0 unspecified atom stereocenters. The van der Waals surface area contributed by atoms with Crippen molar-refractivity contribution < 1.29 is 19.0 Å². The maximum absolute atomic E-state index is 13.3. The monoisotopic (exact) mass is 419 g/mol. The molecule has 0 fully saturated rings. The van der Waals surface area contributed by atoms with Gasteiger partial charge >= 0.3 is 0 Å². The van der Waals surface area contributed by atoms with E-state index >= 15 is 0 Å². The van der Waals surface area contributed by atoms with Gasteiger partial charge in [0, 0.05) is 12.1 Å². The van der Waals surface area contributed by atoms with Crippen LogP contribution in [0.15, 0.2) is 28.7 Å². The molecule has 2 aromatic carbocycles. The maximum Gasteiger partial charge on any atom is 0.258 e. The summed E-state index contributed by atoms with van der Waals surface area (Å²) in [5, 5.41) is 0. The molecule has 1 aliphatic heterocycles. The molecule has 0 saturated heterocycles. The van der Waals surface area contributed by atoms with Gasteiger partial charge in [0.05, 0.1) is 27.0 Å². The van der Waals surface area contributed by atoms with E-state index in [2.05, 4.69) is 22.9 Å². The first-order valence-corrected chi connectivity index (χ1v) is 9.21. The van der Waals surface area contributed by atoms with Crippen LogP contribution in [0.2, 0.25) is 0 Å². The van der Waals surface area contributed by atoms with Crippen molar-refractivity contribution in [3.8, 4) is 17.2 Å². The lowest BCUT2D eigenvalue weighted by molar-refractivity contribution is 0.0983. The van der Waals surface area contributed by atoms with E-state index in [-0.39, 0.29) is 5.91 Å². The lowest BCUT2D eigenvalue weighted by Crippen LogP contribution is -2.36. The summed E-state index contributed by atoms with van der Waals surface area (Å²) in [6, 6.07) is 7.41. The van der Waals surface area contributed by atoms with Crippen LogP contribution in [0, 0.1) is 6.92 Å². The van der Waals surface area contributed by atoms with Crippen molar-refractivity contribution in [2.24, 2.45) is 0 Å². The minimum atomic E-state index is -0.0982. The molecule has 0 atom stereocenters. The average molecular weight is 420 g/mol. The molecule has 1 heterocycles. The summed E-state index contributed by atoms with van der Waals surface area (Å²) in [6.45, 7) is 2.71. The molecule has 0 N–H and O–H groups in total. The number of ether oxygens (including phenoxy) is 3. The maximum atomic E-state index is 13.3. The summed E-state index contributed by atoms with van der Waals surface area (Å²) < 4.78 is 17.0. The molecule has 0 aromatic heterocycles. The van der Waals surface area contributed by atoms with Crippen molar-refractivity contribution in [3.05, 3.63) is 45.4 Å². The molecular weight excluding hydrogens is 398 g/mol. The molecule has 138 valence electrons. The van der Waals surface area contributed by atoms with Crippen LogP contribution in [0.1, 0.15) is 27.9 Å². The minimum Gasteiger partial charge on any atom is -0.495 e. The number of aryl methyl sites for hydroxylation is 1. The number of fused-ring (bicyclic) bond motifs is 1. The molecule has 0 bridgehead atoms. The van der Waals surface area contributed by atoms with Gasteiger partial charge in [0.15, 0.2) is 0 Å². The van der Waals surface area contributed by atoms with Gasteiger partial charge in [0.1, 0.15) is 21.7 Å². The summed E-state index contributed by atoms with van der Waals surface area (Å²) in [4.78, 5) is 15.1. The second-order valence-electron chi connectivity index (χ2n) is 6.17. The van der Waals surface area contributed by atoms with Gasteiger partial charge in [-0.1, -0.05) is 6.07 Å². The Kier molecular flexibility index (Phi) is 5.41. The van der Waals surface area contributed by atoms with Crippen molar-refractivity contribution in [1.82, 2.24) is 0 Å². The molecule has 0 aliphatic carbocycles. The second-order valence-corrected chi connectivity index (χ2v) is 6.96. The standard InChI is InChI=1S/C20H22BrNO4/c1-12-7-8-15(24-2)19-14(12)6-5-9-22(19)20(23)13-10-16(25-3)18(21)17(11-13)26-4/h7-8,10-11H,5-6,9H2,1-4H3. The first-order chi connectivity index (χ1) is 12.5. The van der Waals surface area contributed by atoms with E-state index in [0.717, 1.165) is 24.3 Å². The zero-order valence-corrected chi connectivity index (χ0v) is 17.0. The minimum absolute atomic E-state index is 0.0982. The SMILES string of the molecule is COc1cc(C(=O)N2CCCc3c(C)ccc(OC)c32)cc(OC)c1Br. The number of nitrogens with zero attached hydrogens (tertiary/aromatic N) is 1. The van der Waals surface area contributed by atoms with Gasteiger partial charge in [0.2, 0.25) is 0 Å². The molecule has 0 spiro atoms. The van der Waals surface area contributed by atoms with Crippen LogP contribution in [0.25, 0.3) is 0 Å². The number of benzene rings is 2. The van der Waals surface area contributed by atoms with E-state index in [0.29, 0.717) is 28.1 Å². The quantitative estimate of drug-likeness (QED) is 0.737. The number of amides is 1. The van der Waals surface area contributed by atoms with Crippen LogP contribution >= 0.6 is 15.9 Å². The third-order valence-corrected chi connectivity index (χ3v) is 5.50. The Morgan fingerprint density at radius 2 is 1.65 bits per heavy atom. The molecule has 5 nitrogen and oxygen atoms in total. The number of hydrogen-bond donors (Lipinski definition) is 0. The van der Waals surface area contributed by atoms with Crippen molar-refractivity contribution in [3.63, 3.8) is 0 Å². The van der Waals surface area contributed by atoms with Crippen LogP contribution in [0.4, 0.5) is 5.69 Å². The zero-order valence-electron chi connectivity index (χ0n) is 15.4. The average Bonchev–Trinajstić information content (AvgIpc) is 2.67. The predicted molar refractivity (Wildman–Crippen MR) is 105 cm³/mol. The summed E-state index contributed by atoms with van der Waals surface area (Å²) in [7, 11) is 4.76. The molecule has 26 heavy (non-hydrogen) atoms. The Bertz CT molecular complexity index is 825. The van der Waals surface area contributed by atoms with E-state index < -0.39 is 0 Å². The smallest absolute Gasteiger partial charge is 0.258 e. The fourth-order valence-electron chi connectivity index (χ4n) is 3.37. The Hall–Kier alpha value is -2.21. The molecule has 1 amide bonds. The summed E-state index contributed by atoms with van der Waals surface area (Å²) >= 11 is 3.44. The number of hydrogen-bond acceptors (Lipinski definition) is 4. The first-order valence-electron chi connectivity index (χ1n) is 8.41. The molecule has 0 saturated carbocycles. The number of anilines is 1. The van der Waals surface area contributed by atoms with E-state index in [9.17, 15) is 4.79 Å². The van der Waals surface area contributed by atoms with Crippen LogP contribution in [0.5, 0.6) is 17.2 Å². The Balaban J connectivity index is 2.10. The molecule has 2 aromatic rings. The van der Waals surface area contributed by atoms with E-state index in [1.165, 1.54) is 11.1 Å². The highest BCUT2D eigenvalue weighted by molar-refractivity contribution is 9.10. The predicted octanol–water partition coefficient (Wildman–Crippen LogP) is 4.38. The van der Waals surface area contributed by atoms with Crippen molar-refractivity contribution in [2.75, 3.05) is 32.8 Å². The molecule has 0 radical (unpaired) electrons. The molecule has 6 heteroatoms. The summed E-state index contributed by atoms with van der Waals surface area (Å²) in [6.07, 6.45) is 1.85. The van der Waals surface area contributed by atoms with Gasteiger partial charge in [-0.3, -0.25) is 4.79 Å². The van der Waals surface area contributed by atoms with Crippen molar-refractivity contribution in [2.45, 2.75) is 19.8 Å². The highest BCUT2D eigenvalue weighted by Gasteiger charge is 2.29. The first kappa shape index (κ1) is 18.6. The van der Waals surface area contributed by atoms with Gasteiger partial charge in [0.25, 0.3) is 5.91 Å². The van der Waals surface area contributed by atoms with E-state index in [4.69, 9.17) is 14.2 Å². The lowest BCUT2D eigenvalue weighted by atomic mass is 9.95. The highest BCUT2D eigenvalue weighted by atomic mass is 79.9. The molecule has 1 aliphatic rings. The van der Waals surface area contributed by atoms with E-state index in [1.807, 2.05) is 12.1 Å². The fourth-order valence-corrected chi connectivity index (χ4v) is 3.92. The topological polar surface area (TPSA) is 48.0 Å². The zero-order chi connectivity index (χ0) is 18.8. The third kappa shape index (κ3) is 3.14. The van der Waals surface area contributed by atoms with Crippen molar-refractivity contribution in [1.29, 1.82) is 0 Å². The Labute approximate surface area is 162 Å². The number of carbonyl (C=O) groups is 1. The lowest BCUT2D eigenvalue weighted by Gasteiger charge is -2.32. The highest BCUT2D eigenvalue weighted by Crippen LogP contribution is 2.40.